The van der Waals surface area contributed by atoms with Crippen LogP contribution in [0.15, 0.2) is 79.4 Å². The average molecular weight is 552 g/mol. The first-order chi connectivity index (χ1) is 20.1. The van der Waals surface area contributed by atoms with Gasteiger partial charge in [-0.25, -0.2) is 4.98 Å². The number of aryl methyl sites for hydroxylation is 2. The molecule has 210 valence electrons. The molecule has 4 aliphatic rings. The SMILES string of the molecule is O=C1CCc2ccc(cc2)Oc2ccc3c(c2)CCN(C(=O)CCn2cncn2)C3c2cccc(c2)OCCCN1. The number of aromatic nitrogens is 3. The number of ether oxygens (including phenoxy) is 2. The van der Waals surface area contributed by atoms with Gasteiger partial charge in [-0.15, -0.1) is 0 Å². The summed E-state index contributed by atoms with van der Waals surface area (Å²) in [6.07, 6.45) is 5.97. The van der Waals surface area contributed by atoms with Gasteiger partial charge in [0.05, 0.1) is 19.2 Å². The number of nitrogens with zero attached hydrogens (tertiary/aromatic N) is 4. The van der Waals surface area contributed by atoms with Gasteiger partial charge in [0.1, 0.15) is 29.9 Å². The van der Waals surface area contributed by atoms with E-state index in [0.29, 0.717) is 51.9 Å². The van der Waals surface area contributed by atoms with E-state index in [1.165, 1.54) is 6.33 Å². The molecule has 4 aromatic rings. The van der Waals surface area contributed by atoms with Crippen molar-refractivity contribution in [2.45, 2.75) is 44.7 Å². The highest BCUT2D eigenvalue weighted by molar-refractivity contribution is 5.78. The van der Waals surface area contributed by atoms with Crippen molar-refractivity contribution in [1.82, 2.24) is 25.0 Å². The zero-order chi connectivity index (χ0) is 28.0. The van der Waals surface area contributed by atoms with Gasteiger partial charge < -0.3 is 19.7 Å². The Bertz CT molecular complexity index is 1500. The van der Waals surface area contributed by atoms with Gasteiger partial charge in [-0.05, 0) is 77.9 Å². The molecule has 1 aromatic heterocycles. The normalized spacial score (nSPS) is 17.2. The smallest absolute Gasteiger partial charge is 0.225 e. The van der Waals surface area contributed by atoms with Gasteiger partial charge in [-0.2, -0.15) is 5.10 Å². The van der Waals surface area contributed by atoms with E-state index in [1.54, 1.807) is 11.0 Å². The molecule has 0 spiro atoms. The van der Waals surface area contributed by atoms with E-state index >= 15 is 0 Å². The summed E-state index contributed by atoms with van der Waals surface area (Å²) in [5.41, 5.74) is 4.31. The van der Waals surface area contributed by atoms with Gasteiger partial charge in [0.2, 0.25) is 11.8 Å². The number of hydrogen-bond acceptors (Lipinski definition) is 6. The van der Waals surface area contributed by atoms with Crippen LogP contribution in [0.3, 0.4) is 0 Å². The molecule has 0 saturated carbocycles. The summed E-state index contributed by atoms with van der Waals surface area (Å²) in [5.74, 6) is 2.32. The maximum absolute atomic E-state index is 13.6. The molecule has 9 nitrogen and oxygen atoms in total. The van der Waals surface area contributed by atoms with Crippen molar-refractivity contribution in [3.05, 3.63) is 102 Å². The molecule has 1 atom stereocenters. The molecule has 41 heavy (non-hydrogen) atoms. The van der Waals surface area contributed by atoms with E-state index in [1.807, 2.05) is 59.5 Å². The molecule has 4 aliphatic heterocycles. The third kappa shape index (κ3) is 6.40. The molecule has 9 heteroatoms. The first-order valence-corrected chi connectivity index (χ1v) is 14.1. The van der Waals surface area contributed by atoms with Crippen molar-refractivity contribution in [2.75, 3.05) is 19.7 Å². The second-order valence-corrected chi connectivity index (χ2v) is 10.4. The summed E-state index contributed by atoms with van der Waals surface area (Å²) in [6, 6.07) is 21.7. The standard InChI is InChI=1S/C32H33N5O4/c38-30-12-7-23-5-8-26(9-6-23)41-28-10-11-29-24(19-28)13-17-37(31(39)14-16-36-22-33-21-35-36)32(29)25-3-1-4-27(20-25)40-18-2-15-34-30/h1,3-6,8-11,19-22,32H,2,7,12-18H2,(H,34,38). The first kappa shape index (κ1) is 26.6. The molecule has 1 N–H and O–H groups in total. The molecular formula is C32H33N5O4. The van der Waals surface area contributed by atoms with E-state index in [2.05, 4.69) is 27.5 Å². The second kappa shape index (κ2) is 12.2. The lowest BCUT2D eigenvalue weighted by molar-refractivity contribution is -0.133. The highest BCUT2D eigenvalue weighted by Gasteiger charge is 2.32. The fourth-order valence-electron chi connectivity index (χ4n) is 5.47. The summed E-state index contributed by atoms with van der Waals surface area (Å²) in [4.78, 5) is 31.8. The summed E-state index contributed by atoms with van der Waals surface area (Å²) >= 11 is 0. The summed E-state index contributed by atoms with van der Waals surface area (Å²) in [7, 11) is 0. The molecule has 0 radical (unpaired) electrons. The Labute approximate surface area is 239 Å². The van der Waals surface area contributed by atoms with Crippen molar-refractivity contribution >= 4 is 11.8 Å². The lowest BCUT2D eigenvalue weighted by atomic mass is 9.87. The molecule has 2 amide bonds. The molecule has 3 aromatic carbocycles. The van der Waals surface area contributed by atoms with E-state index in [9.17, 15) is 9.59 Å². The lowest BCUT2D eigenvalue weighted by Gasteiger charge is -2.38. The van der Waals surface area contributed by atoms with Crippen LogP contribution in [-0.4, -0.2) is 51.2 Å². The van der Waals surface area contributed by atoms with Crippen LogP contribution in [0.2, 0.25) is 0 Å². The Morgan fingerprint density at radius 3 is 2.71 bits per heavy atom. The summed E-state index contributed by atoms with van der Waals surface area (Å²) in [5, 5.41) is 7.12. The van der Waals surface area contributed by atoms with Crippen LogP contribution in [-0.2, 0) is 29.0 Å². The fraction of sp³-hybridized carbons (Fsp3) is 0.312. The molecule has 0 fully saturated rings. The van der Waals surface area contributed by atoms with Gasteiger partial charge >= 0.3 is 0 Å². The largest absolute Gasteiger partial charge is 0.494 e. The molecule has 8 rings (SSSR count). The Balaban J connectivity index is 1.32. The molecule has 8 bridgehead atoms. The maximum atomic E-state index is 13.6. The highest BCUT2D eigenvalue weighted by Crippen LogP contribution is 2.39. The van der Waals surface area contributed by atoms with Gasteiger partial charge in [0.15, 0.2) is 0 Å². The average Bonchev–Trinajstić information content (AvgIpc) is 3.52. The van der Waals surface area contributed by atoms with Crippen molar-refractivity contribution in [3.8, 4) is 17.2 Å². The van der Waals surface area contributed by atoms with Gasteiger partial charge in [-0.3, -0.25) is 14.3 Å². The van der Waals surface area contributed by atoms with Crippen LogP contribution in [0, 0.1) is 0 Å². The monoisotopic (exact) mass is 551 g/mol. The van der Waals surface area contributed by atoms with E-state index in [4.69, 9.17) is 9.47 Å². The minimum Gasteiger partial charge on any atom is -0.494 e. The number of hydrogen-bond donors (Lipinski definition) is 1. The van der Waals surface area contributed by atoms with Crippen molar-refractivity contribution in [3.63, 3.8) is 0 Å². The minimum absolute atomic E-state index is 0.0282. The molecule has 0 aliphatic carbocycles. The number of rotatable bonds is 3. The molecule has 1 unspecified atom stereocenters. The Morgan fingerprint density at radius 2 is 1.85 bits per heavy atom. The Hall–Kier alpha value is -4.66. The first-order valence-electron chi connectivity index (χ1n) is 14.1. The van der Waals surface area contributed by atoms with Crippen LogP contribution in [0.5, 0.6) is 17.2 Å². The topological polar surface area (TPSA) is 98.6 Å². The second-order valence-electron chi connectivity index (χ2n) is 10.4. The van der Waals surface area contributed by atoms with Gasteiger partial charge in [0, 0.05) is 25.9 Å². The van der Waals surface area contributed by atoms with E-state index in [0.717, 1.165) is 45.9 Å². The van der Waals surface area contributed by atoms with E-state index in [-0.39, 0.29) is 17.9 Å². The predicted molar refractivity (Wildman–Crippen MR) is 153 cm³/mol. The summed E-state index contributed by atoms with van der Waals surface area (Å²) < 4.78 is 14.0. The minimum atomic E-state index is -0.257. The number of fused-ring (bicyclic) bond motifs is 1. The van der Waals surface area contributed by atoms with Crippen LogP contribution >= 0.6 is 0 Å². The maximum Gasteiger partial charge on any atom is 0.225 e. The van der Waals surface area contributed by atoms with Crippen LogP contribution in [0.25, 0.3) is 0 Å². The number of carbonyl (C=O) groups is 2. The van der Waals surface area contributed by atoms with Gasteiger partial charge in [-0.1, -0.05) is 30.3 Å². The van der Waals surface area contributed by atoms with Crippen LogP contribution < -0.4 is 14.8 Å². The zero-order valence-electron chi connectivity index (χ0n) is 22.9. The number of nitrogens with one attached hydrogen (secondary N) is 1. The van der Waals surface area contributed by atoms with Crippen molar-refractivity contribution < 1.29 is 19.1 Å². The number of amides is 2. The fourth-order valence-corrected chi connectivity index (χ4v) is 5.47. The van der Waals surface area contributed by atoms with Crippen molar-refractivity contribution in [2.24, 2.45) is 0 Å². The molecular weight excluding hydrogens is 518 g/mol. The summed E-state index contributed by atoms with van der Waals surface area (Å²) in [6.45, 7) is 2.10. The van der Waals surface area contributed by atoms with Crippen molar-refractivity contribution in [1.29, 1.82) is 0 Å². The predicted octanol–water partition coefficient (Wildman–Crippen LogP) is 4.47. The Kier molecular flexibility index (Phi) is 7.93. The third-order valence-electron chi connectivity index (χ3n) is 7.57. The molecule has 0 saturated heterocycles. The van der Waals surface area contributed by atoms with Gasteiger partial charge in [0.25, 0.3) is 0 Å². The van der Waals surface area contributed by atoms with Crippen LogP contribution in [0.4, 0.5) is 0 Å². The Morgan fingerprint density at radius 1 is 0.976 bits per heavy atom. The third-order valence-corrected chi connectivity index (χ3v) is 7.57. The lowest BCUT2D eigenvalue weighted by Crippen LogP contribution is -2.41. The van der Waals surface area contributed by atoms with Crippen LogP contribution in [0.1, 0.15) is 47.6 Å². The number of carbonyl (C=O) groups excluding carboxylic acids is 2. The zero-order valence-corrected chi connectivity index (χ0v) is 22.9. The van der Waals surface area contributed by atoms with E-state index < -0.39 is 0 Å². The number of benzene rings is 3. The highest BCUT2D eigenvalue weighted by atomic mass is 16.5. The quantitative estimate of drug-likeness (QED) is 0.404. The molecule has 5 heterocycles.